The van der Waals surface area contributed by atoms with E-state index in [4.69, 9.17) is 11.6 Å². The zero-order chi connectivity index (χ0) is 27.9. The zero-order valence-electron chi connectivity index (χ0n) is 22.8. The van der Waals surface area contributed by atoms with Crippen molar-refractivity contribution in [3.8, 4) is 0 Å². The summed E-state index contributed by atoms with van der Waals surface area (Å²) in [6, 6.07) is 13.7. The van der Waals surface area contributed by atoms with Crippen molar-refractivity contribution in [3.05, 3.63) is 64.7 Å². The minimum Gasteiger partial charge on any atom is -0.352 e. The molecule has 0 aliphatic heterocycles. The molecule has 0 bridgehead atoms. The van der Waals surface area contributed by atoms with E-state index in [1.165, 1.54) is 11.3 Å². The summed E-state index contributed by atoms with van der Waals surface area (Å²) in [5.74, 6) is -0.623. The normalized spacial score (nSPS) is 15.2. The average Bonchev–Trinajstić information content (AvgIpc) is 2.88. The molecule has 1 atom stereocenters. The molecule has 208 valence electrons. The van der Waals surface area contributed by atoms with Gasteiger partial charge in [0.15, 0.2) is 0 Å². The maximum absolute atomic E-state index is 14.0. The minimum absolute atomic E-state index is 0.0504. The van der Waals surface area contributed by atoms with Crippen LogP contribution in [0.25, 0.3) is 0 Å². The molecule has 1 N–H and O–H groups in total. The molecule has 0 heterocycles. The van der Waals surface area contributed by atoms with Crippen molar-refractivity contribution in [1.29, 1.82) is 0 Å². The largest absolute Gasteiger partial charge is 0.352 e. The third-order valence-corrected chi connectivity index (χ3v) is 8.64. The Bertz CT molecular complexity index is 1210. The van der Waals surface area contributed by atoms with Gasteiger partial charge in [-0.3, -0.25) is 13.9 Å². The van der Waals surface area contributed by atoms with Crippen LogP contribution in [-0.2, 0) is 26.2 Å². The Morgan fingerprint density at radius 1 is 1.03 bits per heavy atom. The van der Waals surface area contributed by atoms with Crippen molar-refractivity contribution in [1.82, 2.24) is 10.2 Å². The quantitative estimate of drug-likeness (QED) is 0.393. The lowest BCUT2D eigenvalue weighted by atomic mass is 9.95. The van der Waals surface area contributed by atoms with Crippen molar-refractivity contribution in [2.75, 3.05) is 17.1 Å². The summed E-state index contributed by atoms with van der Waals surface area (Å²) >= 11 is 6.44. The van der Waals surface area contributed by atoms with E-state index in [-0.39, 0.29) is 24.4 Å². The lowest BCUT2D eigenvalue weighted by Crippen LogP contribution is -2.54. The van der Waals surface area contributed by atoms with Gasteiger partial charge >= 0.3 is 0 Å². The lowest BCUT2D eigenvalue weighted by molar-refractivity contribution is -0.140. The maximum Gasteiger partial charge on any atom is 0.244 e. The van der Waals surface area contributed by atoms with E-state index in [9.17, 15) is 18.0 Å². The first-order chi connectivity index (χ1) is 18.0. The van der Waals surface area contributed by atoms with E-state index in [0.29, 0.717) is 22.7 Å². The average molecular weight is 562 g/mol. The van der Waals surface area contributed by atoms with E-state index < -0.39 is 28.5 Å². The van der Waals surface area contributed by atoms with Crippen LogP contribution in [0, 0.1) is 0 Å². The van der Waals surface area contributed by atoms with Crippen molar-refractivity contribution in [3.63, 3.8) is 0 Å². The van der Waals surface area contributed by atoms with Crippen LogP contribution in [0.2, 0.25) is 5.02 Å². The number of carbonyl (C=O) groups excluding carboxylic acids is 2. The molecule has 0 saturated heterocycles. The van der Waals surface area contributed by atoms with Gasteiger partial charge in [-0.2, -0.15) is 0 Å². The van der Waals surface area contributed by atoms with Crippen molar-refractivity contribution >= 4 is 39.1 Å². The van der Waals surface area contributed by atoms with Gasteiger partial charge in [-0.1, -0.05) is 88.0 Å². The summed E-state index contributed by atoms with van der Waals surface area (Å²) < 4.78 is 27.1. The van der Waals surface area contributed by atoms with Gasteiger partial charge in [0, 0.05) is 17.6 Å². The fraction of sp³-hybridized carbons (Fsp3) is 0.517. The molecule has 0 radical (unpaired) electrons. The molecule has 2 amide bonds. The molecule has 1 fully saturated rings. The second-order valence-electron chi connectivity index (χ2n) is 10.4. The molecule has 38 heavy (non-hydrogen) atoms. The highest BCUT2D eigenvalue weighted by atomic mass is 35.5. The number of carbonyl (C=O) groups is 2. The highest BCUT2D eigenvalue weighted by Gasteiger charge is 2.33. The third kappa shape index (κ3) is 7.73. The van der Waals surface area contributed by atoms with Gasteiger partial charge < -0.3 is 10.2 Å². The number of hydrogen-bond acceptors (Lipinski definition) is 4. The molecule has 0 unspecified atom stereocenters. The Kier molecular flexibility index (Phi) is 10.6. The predicted octanol–water partition coefficient (Wildman–Crippen LogP) is 5.49. The molecule has 2 aromatic rings. The minimum atomic E-state index is -3.80. The van der Waals surface area contributed by atoms with Crippen LogP contribution in [0.4, 0.5) is 5.69 Å². The van der Waals surface area contributed by atoms with Crippen molar-refractivity contribution in [2.24, 2.45) is 0 Å². The number of nitrogens with zero attached hydrogens (tertiary/aromatic N) is 2. The number of sulfonamides is 1. The molecule has 0 spiro atoms. The summed E-state index contributed by atoms with van der Waals surface area (Å²) in [7, 11) is -3.80. The second-order valence-corrected chi connectivity index (χ2v) is 12.7. The van der Waals surface area contributed by atoms with Gasteiger partial charge in [-0.05, 0) is 48.4 Å². The Labute approximate surface area is 232 Å². The van der Waals surface area contributed by atoms with Crippen LogP contribution in [0.1, 0.15) is 76.3 Å². The standard InChI is InChI=1S/C29H40ClN3O4S/c1-5-26(29(35)31-23-14-7-6-8-15-23)32(19-22-13-9-11-17-25(22)30)28(34)20-33(38(4,36)37)27-18-12-10-16-24(27)21(2)3/h9-13,16-18,21,23,26H,5-8,14-15,19-20H2,1-4H3,(H,31,35)/t26-/m1/s1. The molecule has 2 aromatic carbocycles. The highest BCUT2D eigenvalue weighted by Crippen LogP contribution is 2.29. The fourth-order valence-corrected chi connectivity index (χ4v) is 6.14. The molecule has 0 aromatic heterocycles. The Balaban J connectivity index is 1.97. The summed E-state index contributed by atoms with van der Waals surface area (Å²) in [6.45, 7) is 5.50. The molecular formula is C29H40ClN3O4S. The van der Waals surface area contributed by atoms with Gasteiger partial charge in [0.2, 0.25) is 21.8 Å². The number of anilines is 1. The number of hydrogen-bond donors (Lipinski definition) is 1. The van der Waals surface area contributed by atoms with Crippen LogP contribution < -0.4 is 9.62 Å². The monoisotopic (exact) mass is 561 g/mol. The molecule has 7 nitrogen and oxygen atoms in total. The Morgan fingerprint density at radius 2 is 1.66 bits per heavy atom. The first-order valence-electron chi connectivity index (χ1n) is 13.4. The summed E-state index contributed by atoms with van der Waals surface area (Å²) in [5.41, 5.74) is 1.99. The molecule has 1 saturated carbocycles. The Morgan fingerprint density at radius 3 is 2.26 bits per heavy atom. The van der Waals surface area contributed by atoms with E-state index in [1.54, 1.807) is 24.3 Å². The van der Waals surface area contributed by atoms with Gasteiger partial charge in [0.05, 0.1) is 11.9 Å². The lowest BCUT2D eigenvalue weighted by Gasteiger charge is -2.34. The highest BCUT2D eigenvalue weighted by molar-refractivity contribution is 7.92. The number of amides is 2. The van der Waals surface area contributed by atoms with Crippen LogP contribution in [0.15, 0.2) is 48.5 Å². The van der Waals surface area contributed by atoms with Crippen LogP contribution in [0.3, 0.4) is 0 Å². The molecule has 9 heteroatoms. The number of rotatable bonds is 11. The van der Waals surface area contributed by atoms with Gasteiger partial charge in [0.25, 0.3) is 0 Å². The summed E-state index contributed by atoms with van der Waals surface area (Å²) in [4.78, 5) is 28.9. The predicted molar refractivity (Wildman–Crippen MR) is 154 cm³/mol. The Hall–Kier alpha value is -2.58. The fourth-order valence-electron chi connectivity index (χ4n) is 5.07. The second kappa shape index (κ2) is 13.5. The van der Waals surface area contributed by atoms with E-state index >= 15 is 0 Å². The molecular weight excluding hydrogens is 522 g/mol. The maximum atomic E-state index is 14.0. The number of nitrogens with one attached hydrogen (secondary N) is 1. The molecule has 1 aliphatic rings. The smallest absolute Gasteiger partial charge is 0.244 e. The van der Waals surface area contributed by atoms with E-state index in [1.807, 2.05) is 45.0 Å². The van der Waals surface area contributed by atoms with Crippen LogP contribution in [0.5, 0.6) is 0 Å². The third-order valence-electron chi connectivity index (χ3n) is 7.14. The van der Waals surface area contributed by atoms with Crippen molar-refractivity contribution in [2.45, 2.75) is 83.8 Å². The van der Waals surface area contributed by atoms with Crippen molar-refractivity contribution < 1.29 is 18.0 Å². The molecule has 3 rings (SSSR count). The SMILES string of the molecule is CC[C@H](C(=O)NC1CCCCC1)N(Cc1ccccc1Cl)C(=O)CN(c1ccccc1C(C)C)S(C)(=O)=O. The van der Waals surface area contributed by atoms with E-state index in [2.05, 4.69) is 5.32 Å². The number of para-hydroxylation sites is 1. The first-order valence-corrected chi connectivity index (χ1v) is 15.6. The summed E-state index contributed by atoms with van der Waals surface area (Å²) in [5, 5.41) is 3.63. The zero-order valence-corrected chi connectivity index (χ0v) is 24.4. The summed E-state index contributed by atoms with van der Waals surface area (Å²) in [6.07, 6.45) is 6.65. The molecule has 1 aliphatic carbocycles. The van der Waals surface area contributed by atoms with Crippen LogP contribution >= 0.6 is 11.6 Å². The van der Waals surface area contributed by atoms with E-state index in [0.717, 1.165) is 41.8 Å². The van der Waals surface area contributed by atoms with Gasteiger partial charge in [-0.25, -0.2) is 8.42 Å². The number of benzene rings is 2. The van der Waals surface area contributed by atoms with Crippen LogP contribution in [-0.4, -0.2) is 50.0 Å². The van der Waals surface area contributed by atoms with Gasteiger partial charge in [-0.15, -0.1) is 0 Å². The topological polar surface area (TPSA) is 86.8 Å². The van der Waals surface area contributed by atoms with Gasteiger partial charge in [0.1, 0.15) is 12.6 Å². The first kappa shape index (κ1) is 30.0. The number of halogens is 1.